The van der Waals surface area contributed by atoms with Crippen molar-refractivity contribution in [1.82, 2.24) is 10.3 Å². The molecule has 3 N–H and O–H groups in total. The molecule has 0 spiro atoms. The van der Waals surface area contributed by atoms with E-state index in [0.717, 1.165) is 25.9 Å². The van der Waals surface area contributed by atoms with E-state index in [2.05, 4.69) is 41.5 Å². The molecule has 1 atom stereocenters. The lowest BCUT2D eigenvalue weighted by Crippen LogP contribution is -2.15. The normalized spacial score (nSPS) is 13.0. The van der Waals surface area contributed by atoms with Crippen LogP contribution < -0.4 is 5.32 Å². The van der Waals surface area contributed by atoms with Gasteiger partial charge in [0.15, 0.2) is 0 Å². The molecule has 0 fully saturated rings. The van der Waals surface area contributed by atoms with Crippen molar-refractivity contribution < 1.29 is 5.11 Å². The number of benzene rings is 1. The Bertz CT molecular complexity index is 478. The van der Waals surface area contributed by atoms with Gasteiger partial charge < -0.3 is 15.4 Å². The number of hydrogen-bond acceptors (Lipinski definition) is 2. The highest BCUT2D eigenvalue weighted by Gasteiger charge is 2.00. The maximum absolute atomic E-state index is 8.93. The largest absolute Gasteiger partial charge is 0.396 e. The van der Waals surface area contributed by atoms with Crippen LogP contribution in [0.3, 0.4) is 0 Å². The molecule has 1 aromatic carbocycles. The lowest BCUT2D eigenvalue weighted by molar-refractivity contribution is 0.228. The maximum atomic E-state index is 8.93. The van der Waals surface area contributed by atoms with Crippen molar-refractivity contribution in [2.75, 3.05) is 13.2 Å². The number of nitrogens with one attached hydrogen (secondary N) is 2. The predicted molar refractivity (Wildman–Crippen MR) is 75.5 cm³/mol. The number of aliphatic hydroxyl groups is 1. The number of aromatic amines is 1. The summed E-state index contributed by atoms with van der Waals surface area (Å²) in [6.07, 6.45) is 4.17. The van der Waals surface area contributed by atoms with Gasteiger partial charge in [-0.15, -0.1) is 0 Å². The van der Waals surface area contributed by atoms with E-state index >= 15 is 0 Å². The number of rotatable bonds is 7. The molecule has 0 radical (unpaired) electrons. The summed E-state index contributed by atoms with van der Waals surface area (Å²) < 4.78 is 0. The van der Waals surface area contributed by atoms with Crippen LogP contribution in [0.4, 0.5) is 0 Å². The Labute approximate surface area is 108 Å². The van der Waals surface area contributed by atoms with Gasteiger partial charge in [0.1, 0.15) is 0 Å². The summed E-state index contributed by atoms with van der Waals surface area (Å²) in [6.45, 7) is 4.29. The molecule has 1 aromatic heterocycles. The highest BCUT2D eigenvalue weighted by molar-refractivity contribution is 5.79. The molecule has 0 bridgehead atoms. The Hall–Kier alpha value is -1.32. The van der Waals surface area contributed by atoms with Gasteiger partial charge in [-0.1, -0.05) is 19.1 Å². The summed E-state index contributed by atoms with van der Waals surface area (Å²) >= 11 is 0. The molecular formula is C15H22N2O. The van der Waals surface area contributed by atoms with Gasteiger partial charge in [0.25, 0.3) is 0 Å². The zero-order valence-electron chi connectivity index (χ0n) is 10.9. The van der Waals surface area contributed by atoms with Crippen molar-refractivity contribution >= 4 is 10.9 Å². The Morgan fingerprint density at radius 2 is 2.22 bits per heavy atom. The smallest absolute Gasteiger partial charge is 0.0457 e. The van der Waals surface area contributed by atoms with Crippen LogP contribution in [-0.2, 0) is 6.54 Å². The summed E-state index contributed by atoms with van der Waals surface area (Å²) in [6, 6.07) is 8.59. The molecule has 0 aliphatic heterocycles. The van der Waals surface area contributed by atoms with Crippen LogP contribution in [0.2, 0.25) is 0 Å². The van der Waals surface area contributed by atoms with Gasteiger partial charge in [-0.3, -0.25) is 0 Å². The average molecular weight is 246 g/mol. The lowest BCUT2D eigenvalue weighted by Gasteiger charge is -2.08. The van der Waals surface area contributed by atoms with E-state index in [4.69, 9.17) is 5.11 Å². The summed E-state index contributed by atoms with van der Waals surface area (Å²) in [5.41, 5.74) is 2.50. The van der Waals surface area contributed by atoms with Gasteiger partial charge in [-0.05, 0) is 48.4 Å². The van der Waals surface area contributed by atoms with E-state index in [-0.39, 0.29) is 0 Å². The van der Waals surface area contributed by atoms with Crippen LogP contribution in [0.15, 0.2) is 30.5 Å². The monoisotopic (exact) mass is 246 g/mol. The SMILES string of the molecule is CC(CO)CCCNCc1ccc2cc[nH]c2c1. The van der Waals surface area contributed by atoms with E-state index in [1.807, 2.05) is 6.20 Å². The molecule has 0 saturated carbocycles. The fourth-order valence-electron chi connectivity index (χ4n) is 2.10. The highest BCUT2D eigenvalue weighted by Crippen LogP contribution is 2.13. The summed E-state index contributed by atoms with van der Waals surface area (Å²) in [5.74, 6) is 0.419. The molecule has 3 heteroatoms. The zero-order chi connectivity index (χ0) is 12.8. The van der Waals surface area contributed by atoms with E-state index in [9.17, 15) is 0 Å². The maximum Gasteiger partial charge on any atom is 0.0457 e. The van der Waals surface area contributed by atoms with E-state index in [1.165, 1.54) is 16.5 Å². The third-order valence-corrected chi connectivity index (χ3v) is 3.31. The Morgan fingerprint density at radius 1 is 1.33 bits per heavy atom. The first-order chi connectivity index (χ1) is 8.79. The molecule has 1 unspecified atom stereocenters. The minimum absolute atomic E-state index is 0.295. The minimum Gasteiger partial charge on any atom is -0.396 e. The van der Waals surface area contributed by atoms with Crippen molar-refractivity contribution in [3.05, 3.63) is 36.0 Å². The fraction of sp³-hybridized carbons (Fsp3) is 0.467. The minimum atomic E-state index is 0.295. The second-order valence-electron chi connectivity index (χ2n) is 5.01. The second kappa shape index (κ2) is 6.57. The van der Waals surface area contributed by atoms with E-state index in [0.29, 0.717) is 12.5 Å². The zero-order valence-corrected chi connectivity index (χ0v) is 10.9. The van der Waals surface area contributed by atoms with Gasteiger partial charge in [0, 0.05) is 24.9 Å². The molecule has 18 heavy (non-hydrogen) atoms. The molecule has 3 nitrogen and oxygen atoms in total. The van der Waals surface area contributed by atoms with Crippen LogP contribution in [0.5, 0.6) is 0 Å². The second-order valence-corrected chi connectivity index (χ2v) is 5.01. The Kier molecular flexibility index (Phi) is 4.79. The first-order valence-corrected chi connectivity index (χ1v) is 6.67. The van der Waals surface area contributed by atoms with Crippen LogP contribution in [0.1, 0.15) is 25.3 Å². The van der Waals surface area contributed by atoms with Crippen molar-refractivity contribution in [3.8, 4) is 0 Å². The number of aliphatic hydroxyl groups excluding tert-OH is 1. The van der Waals surface area contributed by atoms with Gasteiger partial charge in [-0.25, -0.2) is 0 Å². The number of aromatic nitrogens is 1. The van der Waals surface area contributed by atoms with Gasteiger partial charge in [0.2, 0.25) is 0 Å². The van der Waals surface area contributed by atoms with Crippen molar-refractivity contribution in [2.45, 2.75) is 26.3 Å². The predicted octanol–water partition coefficient (Wildman–Crippen LogP) is 2.67. The van der Waals surface area contributed by atoms with E-state index in [1.54, 1.807) is 0 Å². The van der Waals surface area contributed by atoms with Gasteiger partial charge >= 0.3 is 0 Å². The molecule has 0 amide bonds. The van der Waals surface area contributed by atoms with Crippen LogP contribution in [0, 0.1) is 5.92 Å². The first-order valence-electron chi connectivity index (χ1n) is 6.67. The molecular weight excluding hydrogens is 224 g/mol. The topological polar surface area (TPSA) is 48.0 Å². The molecule has 2 aromatic rings. The van der Waals surface area contributed by atoms with Gasteiger partial charge in [-0.2, -0.15) is 0 Å². The van der Waals surface area contributed by atoms with E-state index < -0.39 is 0 Å². The van der Waals surface area contributed by atoms with Crippen LogP contribution in [0.25, 0.3) is 10.9 Å². The number of fused-ring (bicyclic) bond motifs is 1. The lowest BCUT2D eigenvalue weighted by atomic mass is 10.1. The Balaban J connectivity index is 1.73. The third-order valence-electron chi connectivity index (χ3n) is 3.31. The summed E-state index contributed by atoms with van der Waals surface area (Å²) in [4.78, 5) is 3.23. The molecule has 0 saturated heterocycles. The number of hydrogen-bond donors (Lipinski definition) is 3. The quantitative estimate of drug-likeness (QED) is 0.658. The third kappa shape index (κ3) is 3.59. The van der Waals surface area contributed by atoms with Crippen LogP contribution >= 0.6 is 0 Å². The van der Waals surface area contributed by atoms with Gasteiger partial charge in [0.05, 0.1) is 0 Å². The number of H-pyrrole nitrogens is 1. The molecule has 98 valence electrons. The molecule has 0 aliphatic rings. The van der Waals surface area contributed by atoms with Crippen molar-refractivity contribution in [1.29, 1.82) is 0 Å². The molecule has 0 aliphatic carbocycles. The summed E-state index contributed by atoms with van der Waals surface area (Å²) in [7, 11) is 0. The standard InChI is InChI=1S/C15H22N2O/c1-12(11-18)3-2-7-16-10-13-4-5-14-6-8-17-15(14)9-13/h4-6,8-9,12,16-18H,2-3,7,10-11H2,1H3. The van der Waals surface area contributed by atoms with Crippen molar-refractivity contribution in [2.24, 2.45) is 5.92 Å². The first kappa shape index (κ1) is 13.1. The molecule has 2 rings (SSSR count). The molecule has 1 heterocycles. The average Bonchev–Trinajstić information content (AvgIpc) is 2.85. The van der Waals surface area contributed by atoms with Crippen LogP contribution in [-0.4, -0.2) is 23.2 Å². The summed E-state index contributed by atoms with van der Waals surface area (Å²) in [5, 5.41) is 13.6. The highest BCUT2D eigenvalue weighted by atomic mass is 16.3. The van der Waals surface area contributed by atoms with Crippen molar-refractivity contribution in [3.63, 3.8) is 0 Å². The fourth-order valence-corrected chi connectivity index (χ4v) is 2.10. The Morgan fingerprint density at radius 3 is 3.06 bits per heavy atom.